The molecular formula is C44H58N2O2. The van der Waals surface area contributed by atoms with Gasteiger partial charge in [0.05, 0.1) is 24.6 Å². The van der Waals surface area contributed by atoms with Gasteiger partial charge in [-0.3, -0.25) is 0 Å². The average Bonchev–Trinajstić information content (AvgIpc) is 3.14. The van der Waals surface area contributed by atoms with Crippen molar-refractivity contribution in [3.8, 4) is 33.8 Å². The van der Waals surface area contributed by atoms with Crippen molar-refractivity contribution in [2.45, 2.75) is 117 Å². The van der Waals surface area contributed by atoms with Crippen molar-refractivity contribution < 1.29 is 9.47 Å². The highest BCUT2D eigenvalue weighted by Crippen LogP contribution is 2.28. The number of azo groups is 1. The van der Waals surface area contributed by atoms with Crippen molar-refractivity contribution in [2.24, 2.45) is 10.2 Å². The molecule has 0 atom stereocenters. The molecule has 256 valence electrons. The van der Waals surface area contributed by atoms with Gasteiger partial charge < -0.3 is 9.47 Å². The van der Waals surface area contributed by atoms with Crippen LogP contribution in [0.25, 0.3) is 22.3 Å². The Morgan fingerprint density at radius 2 is 0.604 bits per heavy atom. The van der Waals surface area contributed by atoms with Crippen molar-refractivity contribution in [2.75, 3.05) is 13.2 Å². The number of hydrogen-bond acceptors (Lipinski definition) is 4. The van der Waals surface area contributed by atoms with E-state index in [0.717, 1.165) is 54.5 Å². The van der Waals surface area contributed by atoms with Crippen molar-refractivity contribution in [3.63, 3.8) is 0 Å². The fraction of sp³-hybridized carbons (Fsp3) is 0.455. The highest BCUT2D eigenvalue weighted by molar-refractivity contribution is 5.71. The predicted octanol–water partition coefficient (Wildman–Crippen LogP) is 14.5. The fourth-order valence-electron chi connectivity index (χ4n) is 5.90. The van der Waals surface area contributed by atoms with Gasteiger partial charge >= 0.3 is 0 Å². The largest absolute Gasteiger partial charge is 0.494 e. The summed E-state index contributed by atoms with van der Waals surface area (Å²) in [5, 5.41) is 8.82. The third-order valence-electron chi connectivity index (χ3n) is 8.92. The van der Waals surface area contributed by atoms with E-state index in [1.807, 2.05) is 36.4 Å². The first kappa shape index (κ1) is 36.9. The second-order valence-corrected chi connectivity index (χ2v) is 13.0. The van der Waals surface area contributed by atoms with E-state index in [4.69, 9.17) is 9.47 Å². The predicted molar refractivity (Wildman–Crippen MR) is 204 cm³/mol. The van der Waals surface area contributed by atoms with Gasteiger partial charge in [-0.2, -0.15) is 10.2 Å². The van der Waals surface area contributed by atoms with Gasteiger partial charge in [0.25, 0.3) is 0 Å². The van der Waals surface area contributed by atoms with Crippen LogP contribution in [0.1, 0.15) is 117 Å². The van der Waals surface area contributed by atoms with E-state index >= 15 is 0 Å². The van der Waals surface area contributed by atoms with E-state index in [9.17, 15) is 0 Å². The van der Waals surface area contributed by atoms with Crippen LogP contribution >= 0.6 is 0 Å². The molecule has 4 aromatic rings. The van der Waals surface area contributed by atoms with Gasteiger partial charge in [0.2, 0.25) is 0 Å². The minimum absolute atomic E-state index is 0.762. The lowest BCUT2D eigenvalue weighted by Crippen LogP contribution is -1.97. The highest BCUT2D eigenvalue weighted by atomic mass is 16.5. The van der Waals surface area contributed by atoms with Crippen LogP contribution in [-0.4, -0.2) is 13.2 Å². The summed E-state index contributed by atoms with van der Waals surface area (Å²) in [4.78, 5) is 0. The van der Waals surface area contributed by atoms with E-state index in [0.29, 0.717) is 0 Å². The molecule has 4 aromatic carbocycles. The van der Waals surface area contributed by atoms with Crippen molar-refractivity contribution in [1.82, 2.24) is 0 Å². The van der Waals surface area contributed by atoms with Gasteiger partial charge in [0.1, 0.15) is 11.5 Å². The van der Waals surface area contributed by atoms with Crippen LogP contribution in [0.2, 0.25) is 0 Å². The van der Waals surface area contributed by atoms with Crippen LogP contribution in [0.3, 0.4) is 0 Å². The summed E-state index contributed by atoms with van der Waals surface area (Å²) in [5.41, 5.74) is 6.36. The molecule has 0 aliphatic rings. The number of ether oxygens (including phenoxy) is 2. The summed E-state index contributed by atoms with van der Waals surface area (Å²) in [6.45, 7) is 6.07. The van der Waals surface area contributed by atoms with Crippen LogP contribution in [0.5, 0.6) is 11.5 Å². The maximum absolute atomic E-state index is 6.03. The Morgan fingerprint density at radius 1 is 0.333 bits per heavy atom. The van der Waals surface area contributed by atoms with Crippen LogP contribution in [-0.2, 0) is 0 Å². The number of hydrogen-bond donors (Lipinski definition) is 0. The molecule has 0 saturated heterocycles. The first-order chi connectivity index (χ1) is 23.7. The second-order valence-electron chi connectivity index (χ2n) is 13.0. The van der Waals surface area contributed by atoms with Gasteiger partial charge in [0.15, 0.2) is 0 Å². The van der Waals surface area contributed by atoms with Crippen LogP contribution in [0.4, 0.5) is 11.4 Å². The Bertz CT molecular complexity index is 1410. The van der Waals surface area contributed by atoms with E-state index in [2.05, 4.69) is 84.7 Å². The van der Waals surface area contributed by atoms with Crippen molar-refractivity contribution in [3.05, 3.63) is 97.1 Å². The van der Waals surface area contributed by atoms with Gasteiger partial charge in [-0.15, -0.1) is 0 Å². The Labute approximate surface area is 291 Å². The standard InChI is InChI=1S/C44H58N2O2/c1-3-5-7-9-10-11-12-13-14-15-16-18-36-47-43-31-25-40(26-32-43)38-21-19-37(20-22-38)39-23-27-41(28-24-39)45-46-42-29-33-44(34-30-42)48-35-17-8-6-4-2/h19-34H,3-18,35-36H2,1-2H3. The zero-order valence-corrected chi connectivity index (χ0v) is 29.7. The second kappa shape index (κ2) is 22.6. The molecule has 0 spiro atoms. The molecule has 0 heterocycles. The first-order valence-corrected chi connectivity index (χ1v) is 18.8. The minimum atomic E-state index is 0.762. The third kappa shape index (κ3) is 14.1. The summed E-state index contributed by atoms with van der Waals surface area (Å²) in [6, 6.07) is 33.3. The zero-order chi connectivity index (χ0) is 33.5. The van der Waals surface area contributed by atoms with E-state index in [-0.39, 0.29) is 0 Å². The molecule has 0 aliphatic carbocycles. The van der Waals surface area contributed by atoms with E-state index in [1.165, 1.54) is 107 Å². The minimum Gasteiger partial charge on any atom is -0.494 e. The molecule has 4 rings (SSSR count). The van der Waals surface area contributed by atoms with Crippen molar-refractivity contribution in [1.29, 1.82) is 0 Å². The molecule has 4 nitrogen and oxygen atoms in total. The molecule has 0 saturated carbocycles. The van der Waals surface area contributed by atoms with Crippen LogP contribution in [0, 0.1) is 0 Å². The van der Waals surface area contributed by atoms with Gasteiger partial charge in [-0.25, -0.2) is 0 Å². The maximum Gasteiger partial charge on any atom is 0.119 e. The van der Waals surface area contributed by atoms with Gasteiger partial charge in [-0.1, -0.05) is 152 Å². The Morgan fingerprint density at radius 3 is 1.00 bits per heavy atom. The molecule has 0 radical (unpaired) electrons. The van der Waals surface area contributed by atoms with Crippen molar-refractivity contribution >= 4 is 11.4 Å². The Hall–Kier alpha value is -3.92. The fourth-order valence-corrected chi connectivity index (χ4v) is 5.90. The Balaban J connectivity index is 1.13. The molecule has 0 amide bonds. The molecule has 0 aromatic heterocycles. The normalized spacial score (nSPS) is 11.3. The molecule has 0 unspecified atom stereocenters. The molecule has 0 fully saturated rings. The molecule has 0 aliphatic heterocycles. The highest BCUT2D eigenvalue weighted by Gasteiger charge is 2.03. The number of unbranched alkanes of at least 4 members (excludes halogenated alkanes) is 14. The molecule has 4 heteroatoms. The van der Waals surface area contributed by atoms with Gasteiger partial charge in [-0.05, 0) is 83.6 Å². The van der Waals surface area contributed by atoms with Crippen LogP contribution < -0.4 is 9.47 Å². The first-order valence-electron chi connectivity index (χ1n) is 18.8. The molecular weight excluding hydrogens is 588 g/mol. The monoisotopic (exact) mass is 646 g/mol. The third-order valence-corrected chi connectivity index (χ3v) is 8.92. The SMILES string of the molecule is CCCCCCCCCCCCCCOc1ccc(-c2ccc(-c3ccc(N=Nc4ccc(OCCCCCC)cc4)cc3)cc2)cc1. The van der Waals surface area contributed by atoms with Gasteiger partial charge in [0, 0.05) is 0 Å². The summed E-state index contributed by atoms with van der Waals surface area (Å²) >= 11 is 0. The smallest absolute Gasteiger partial charge is 0.119 e. The summed E-state index contributed by atoms with van der Waals surface area (Å²) in [6.07, 6.45) is 21.1. The summed E-state index contributed by atoms with van der Waals surface area (Å²) in [7, 11) is 0. The zero-order valence-electron chi connectivity index (χ0n) is 29.7. The Kier molecular flexibility index (Phi) is 17.4. The molecule has 48 heavy (non-hydrogen) atoms. The lowest BCUT2D eigenvalue weighted by Gasteiger charge is -2.09. The summed E-state index contributed by atoms with van der Waals surface area (Å²) in [5.74, 6) is 1.84. The summed E-state index contributed by atoms with van der Waals surface area (Å²) < 4.78 is 11.9. The number of benzene rings is 4. The average molecular weight is 647 g/mol. The molecule has 0 bridgehead atoms. The van der Waals surface area contributed by atoms with Crippen LogP contribution in [0.15, 0.2) is 107 Å². The number of nitrogens with zero attached hydrogens (tertiary/aromatic N) is 2. The lowest BCUT2D eigenvalue weighted by molar-refractivity contribution is 0.304. The maximum atomic E-state index is 6.03. The molecule has 0 N–H and O–H groups in total. The van der Waals surface area contributed by atoms with E-state index < -0.39 is 0 Å². The number of rotatable bonds is 24. The topological polar surface area (TPSA) is 43.2 Å². The lowest BCUT2D eigenvalue weighted by atomic mass is 10.0. The quantitative estimate of drug-likeness (QED) is 0.0561. The van der Waals surface area contributed by atoms with E-state index in [1.54, 1.807) is 0 Å².